The third-order valence-corrected chi connectivity index (χ3v) is 3.59. The molecule has 2 aromatic rings. The maximum atomic E-state index is 5.95. The highest BCUT2D eigenvalue weighted by Crippen LogP contribution is 2.27. The van der Waals surface area contributed by atoms with Crippen molar-refractivity contribution in [2.24, 2.45) is 0 Å². The van der Waals surface area contributed by atoms with E-state index in [1.165, 1.54) is 18.4 Å². The van der Waals surface area contributed by atoms with Crippen LogP contribution in [0.5, 0.6) is 11.5 Å². The largest absolute Gasteiger partial charge is 0.455 e. The molecule has 0 saturated heterocycles. The Balaban J connectivity index is 1.71. The number of rotatable bonds is 5. The molecule has 0 aliphatic heterocycles. The number of nitrogens with one attached hydrogen (secondary N) is 1. The highest BCUT2D eigenvalue weighted by atomic mass is 16.5. The van der Waals surface area contributed by atoms with Crippen molar-refractivity contribution in [2.45, 2.75) is 39.3 Å². The second-order valence-electron chi connectivity index (χ2n) is 5.44. The second-order valence-corrected chi connectivity index (χ2v) is 5.44. The summed E-state index contributed by atoms with van der Waals surface area (Å²) in [5, 5.41) is 3.53. The quantitative estimate of drug-likeness (QED) is 0.897. The van der Waals surface area contributed by atoms with Crippen molar-refractivity contribution in [3.05, 3.63) is 53.3 Å². The number of hydrogen-bond donors (Lipinski definition) is 1. The number of pyridine rings is 1. The molecular weight excluding hydrogens is 248 g/mol. The molecule has 3 rings (SSSR count). The maximum Gasteiger partial charge on any atom is 0.148 e. The Hall–Kier alpha value is -1.87. The second kappa shape index (κ2) is 5.63. The van der Waals surface area contributed by atoms with Gasteiger partial charge >= 0.3 is 0 Å². The van der Waals surface area contributed by atoms with Gasteiger partial charge in [-0.05, 0) is 56.0 Å². The molecule has 3 heteroatoms. The first-order valence-electron chi connectivity index (χ1n) is 7.15. The molecule has 1 fully saturated rings. The monoisotopic (exact) mass is 268 g/mol. The number of benzene rings is 1. The average Bonchev–Trinajstić information content (AvgIpc) is 3.26. The van der Waals surface area contributed by atoms with E-state index in [0.717, 1.165) is 35.3 Å². The van der Waals surface area contributed by atoms with Crippen LogP contribution < -0.4 is 10.1 Å². The standard InChI is InChI=1S/C17H20N2O/c1-12-10-14(11-19-15-6-7-15)5-8-16(12)20-17-4-3-9-18-13(17)2/h3-5,8-10,15,19H,6-7,11H2,1-2H3. The van der Waals surface area contributed by atoms with Crippen LogP contribution in [-0.2, 0) is 6.54 Å². The highest BCUT2D eigenvalue weighted by molar-refractivity contribution is 5.40. The Morgan fingerprint density at radius 2 is 2.05 bits per heavy atom. The van der Waals surface area contributed by atoms with E-state index in [4.69, 9.17) is 4.74 Å². The van der Waals surface area contributed by atoms with E-state index < -0.39 is 0 Å². The Morgan fingerprint density at radius 3 is 2.75 bits per heavy atom. The third kappa shape index (κ3) is 3.17. The third-order valence-electron chi connectivity index (χ3n) is 3.59. The van der Waals surface area contributed by atoms with Gasteiger partial charge < -0.3 is 10.1 Å². The lowest BCUT2D eigenvalue weighted by Crippen LogP contribution is -2.15. The van der Waals surface area contributed by atoms with Crippen LogP contribution >= 0.6 is 0 Å². The van der Waals surface area contributed by atoms with Crippen LogP contribution in [0.2, 0.25) is 0 Å². The molecule has 0 unspecified atom stereocenters. The zero-order chi connectivity index (χ0) is 13.9. The lowest BCUT2D eigenvalue weighted by atomic mass is 10.1. The minimum absolute atomic E-state index is 0.740. The molecule has 0 bridgehead atoms. The van der Waals surface area contributed by atoms with E-state index in [9.17, 15) is 0 Å². The number of hydrogen-bond acceptors (Lipinski definition) is 3. The predicted octanol–water partition coefficient (Wildman–Crippen LogP) is 3.74. The molecular formula is C17H20N2O. The number of aryl methyl sites for hydroxylation is 2. The molecule has 20 heavy (non-hydrogen) atoms. The fourth-order valence-corrected chi connectivity index (χ4v) is 2.18. The molecule has 0 amide bonds. The molecule has 0 spiro atoms. The van der Waals surface area contributed by atoms with E-state index >= 15 is 0 Å². The lowest BCUT2D eigenvalue weighted by molar-refractivity contribution is 0.471. The lowest BCUT2D eigenvalue weighted by Gasteiger charge is -2.12. The van der Waals surface area contributed by atoms with Crippen molar-refractivity contribution in [3.8, 4) is 11.5 Å². The van der Waals surface area contributed by atoms with Crippen molar-refractivity contribution in [1.29, 1.82) is 0 Å². The maximum absolute atomic E-state index is 5.95. The van der Waals surface area contributed by atoms with Gasteiger partial charge in [-0.1, -0.05) is 12.1 Å². The molecule has 1 aliphatic rings. The average molecular weight is 268 g/mol. The van der Waals surface area contributed by atoms with Crippen LogP contribution in [0.15, 0.2) is 36.5 Å². The summed E-state index contributed by atoms with van der Waals surface area (Å²) in [5.74, 6) is 1.72. The first kappa shape index (κ1) is 13.1. The zero-order valence-corrected chi connectivity index (χ0v) is 12.0. The van der Waals surface area contributed by atoms with Gasteiger partial charge in [-0.15, -0.1) is 0 Å². The number of aromatic nitrogens is 1. The molecule has 3 nitrogen and oxygen atoms in total. The molecule has 1 N–H and O–H groups in total. The summed E-state index contributed by atoms with van der Waals surface area (Å²) in [6.07, 6.45) is 4.42. The Morgan fingerprint density at radius 1 is 1.20 bits per heavy atom. The van der Waals surface area contributed by atoms with Gasteiger partial charge in [-0.25, -0.2) is 0 Å². The van der Waals surface area contributed by atoms with Gasteiger partial charge in [0, 0.05) is 18.8 Å². The SMILES string of the molecule is Cc1cc(CNC2CC2)ccc1Oc1cccnc1C. The molecule has 1 aromatic carbocycles. The summed E-state index contributed by atoms with van der Waals surface area (Å²) < 4.78 is 5.95. The smallest absolute Gasteiger partial charge is 0.148 e. The van der Waals surface area contributed by atoms with Gasteiger partial charge in [0.2, 0.25) is 0 Å². The Kier molecular flexibility index (Phi) is 3.70. The van der Waals surface area contributed by atoms with Crippen LogP contribution in [0.25, 0.3) is 0 Å². The minimum atomic E-state index is 0.740. The van der Waals surface area contributed by atoms with Gasteiger partial charge in [0.15, 0.2) is 0 Å². The predicted molar refractivity (Wildman–Crippen MR) is 80.1 cm³/mol. The van der Waals surface area contributed by atoms with Gasteiger partial charge in [-0.3, -0.25) is 4.98 Å². The van der Waals surface area contributed by atoms with Gasteiger partial charge in [0.05, 0.1) is 5.69 Å². The van der Waals surface area contributed by atoms with E-state index in [0.29, 0.717) is 0 Å². The Labute approximate surface area is 120 Å². The fourth-order valence-electron chi connectivity index (χ4n) is 2.18. The van der Waals surface area contributed by atoms with Crippen molar-refractivity contribution < 1.29 is 4.74 Å². The van der Waals surface area contributed by atoms with Crippen LogP contribution in [0.4, 0.5) is 0 Å². The first-order valence-corrected chi connectivity index (χ1v) is 7.15. The normalized spacial score (nSPS) is 14.3. The molecule has 0 atom stereocenters. The molecule has 1 aromatic heterocycles. The van der Waals surface area contributed by atoms with Gasteiger partial charge in [0.1, 0.15) is 11.5 Å². The number of nitrogens with zero attached hydrogens (tertiary/aromatic N) is 1. The first-order chi connectivity index (χ1) is 9.72. The van der Waals surface area contributed by atoms with E-state index in [1.807, 2.05) is 25.1 Å². The summed E-state index contributed by atoms with van der Waals surface area (Å²) in [5.41, 5.74) is 3.37. The van der Waals surface area contributed by atoms with Crippen molar-refractivity contribution in [1.82, 2.24) is 10.3 Å². The minimum Gasteiger partial charge on any atom is -0.455 e. The van der Waals surface area contributed by atoms with Crippen LogP contribution in [0.3, 0.4) is 0 Å². The summed E-state index contributed by atoms with van der Waals surface area (Å²) in [6.45, 7) is 4.98. The molecule has 1 saturated carbocycles. The van der Waals surface area contributed by atoms with Crippen LogP contribution in [0, 0.1) is 13.8 Å². The molecule has 0 radical (unpaired) electrons. The Bertz CT molecular complexity index is 606. The zero-order valence-electron chi connectivity index (χ0n) is 12.0. The topological polar surface area (TPSA) is 34.1 Å². The molecule has 1 aliphatic carbocycles. The summed E-state index contributed by atoms with van der Waals surface area (Å²) in [4.78, 5) is 4.24. The van der Waals surface area contributed by atoms with Gasteiger partial charge in [0.25, 0.3) is 0 Å². The summed E-state index contributed by atoms with van der Waals surface area (Å²) in [6, 6.07) is 10.9. The van der Waals surface area contributed by atoms with Crippen molar-refractivity contribution in [2.75, 3.05) is 0 Å². The summed E-state index contributed by atoms with van der Waals surface area (Å²) >= 11 is 0. The summed E-state index contributed by atoms with van der Waals surface area (Å²) in [7, 11) is 0. The van der Waals surface area contributed by atoms with Crippen LogP contribution in [0.1, 0.15) is 29.7 Å². The fraction of sp³-hybridized carbons (Fsp3) is 0.353. The van der Waals surface area contributed by atoms with Gasteiger partial charge in [-0.2, -0.15) is 0 Å². The number of ether oxygens (including phenoxy) is 1. The van der Waals surface area contributed by atoms with Crippen LogP contribution in [-0.4, -0.2) is 11.0 Å². The molecule has 1 heterocycles. The van der Waals surface area contributed by atoms with E-state index in [1.54, 1.807) is 6.20 Å². The van der Waals surface area contributed by atoms with E-state index in [2.05, 4.69) is 29.4 Å². The van der Waals surface area contributed by atoms with Crippen molar-refractivity contribution in [3.63, 3.8) is 0 Å². The van der Waals surface area contributed by atoms with Crippen molar-refractivity contribution >= 4 is 0 Å². The highest BCUT2D eigenvalue weighted by Gasteiger charge is 2.19. The molecule has 104 valence electrons. The van der Waals surface area contributed by atoms with E-state index in [-0.39, 0.29) is 0 Å².